The standard InChI is InChI=1S/C14H15N3O2S/c18-20(19,11-6-7-11)14-15-13-9-8-12(17(13)16-14)10-4-2-1-3-5-10/h1-5,11-12H,6-9H2. The molecule has 0 amide bonds. The summed E-state index contributed by atoms with van der Waals surface area (Å²) in [4.78, 5) is 4.26. The van der Waals surface area contributed by atoms with Crippen molar-refractivity contribution in [2.45, 2.75) is 42.1 Å². The highest BCUT2D eigenvalue weighted by Gasteiger charge is 2.41. The smallest absolute Gasteiger partial charge is 0.241 e. The number of aryl methyl sites for hydroxylation is 1. The second-order valence-corrected chi connectivity index (χ2v) is 7.59. The van der Waals surface area contributed by atoms with Crippen LogP contribution in [0.4, 0.5) is 0 Å². The highest BCUT2D eigenvalue weighted by Crippen LogP contribution is 2.35. The minimum atomic E-state index is -3.29. The van der Waals surface area contributed by atoms with E-state index in [2.05, 4.69) is 22.2 Å². The molecule has 1 aromatic carbocycles. The third-order valence-corrected chi connectivity index (χ3v) is 6.05. The van der Waals surface area contributed by atoms with E-state index in [0.717, 1.165) is 37.1 Å². The molecule has 1 saturated carbocycles. The van der Waals surface area contributed by atoms with Gasteiger partial charge in [-0.1, -0.05) is 30.3 Å². The van der Waals surface area contributed by atoms with Crippen LogP contribution in [0.5, 0.6) is 0 Å². The highest BCUT2D eigenvalue weighted by atomic mass is 32.2. The lowest BCUT2D eigenvalue weighted by molar-refractivity contribution is 0.532. The van der Waals surface area contributed by atoms with Crippen molar-refractivity contribution >= 4 is 9.84 Å². The number of aromatic nitrogens is 3. The molecule has 0 N–H and O–H groups in total. The third-order valence-electron chi connectivity index (χ3n) is 4.02. The summed E-state index contributed by atoms with van der Waals surface area (Å²) in [6.45, 7) is 0. The van der Waals surface area contributed by atoms with Gasteiger partial charge in [-0.25, -0.2) is 18.1 Å². The molecule has 0 bridgehead atoms. The molecule has 1 aromatic heterocycles. The molecule has 1 aliphatic carbocycles. The van der Waals surface area contributed by atoms with Crippen LogP contribution in [-0.4, -0.2) is 28.4 Å². The van der Waals surface area contributed by atoms with Crippen LogP contribution >= 0.6 is 0 Å². The number of nitrogens with zero attached hydrogens (tertiary/aromatic N) is 3. The second kappa shape index (κ2) is 4.15. The maximum Gasteiger partial charge on any atom is 0.267 e. The number of rotatable bonds is 3. The van der Waals surface area contributed by atoms with Crippen molar-refractivity contribution in [3.63, 3.8) is 0 Å². The first-order valence-corrected chi connectivity index (χ1v) is 8.45. The Kier molecular flexibility index (Phi) is 2.51. The molecule has 4 rings (SSSR count). The Bertz CT molecular complexity index is 748. The number of hydrogen-bond acceptors (Lipinski definition) is 4. The Labute approximate surface area is 117 Å². The first-order valence-electron chi connectivity index (χ1n) is 6.90. The second-order valence-electron chi connectivity index (χ2n) is 5.46. The van der Waals surface area contributed by atoms with Crippen molar-refractivity contribution in [1.82, 2.24) is 14.8 Å². The van der Waals surface area contributed by atoms with Gasteiger partial charge in [0.25, 0.3) is 5.16 Å². The normalized spacial score (nSPS) is 21.9. The van der Waals surface area contributed by atoms with Gasteiger partial charge in [-0.2, -0.15) is 0 Å². The molecular formula is C14H15N3O2S. The van der Waals surface area contributed by atoms with Gasteiger partial charge in [0, 0.05) is 6.42 Å². The Balaban J connectivity index is 1.74. The Hall–Kier alpha value is -1.69. The monoisotopic (exact) mass is 289 g/mol. The number of hydrogen-bond donors (Lipinski definition) is 0. The fourth-order valence-corrected chi connectivity index (χ4v) is 4.26. The lowest BCUT2D eigenvalue weighted by Gasteiger charge is -2.11. The van der Waals surface area contributed by atoms with Gasteiger partial charge in [0.1, 0.15) is 5.82 Å². The van der Waals surface area contributed by atoms with Gasteiger partial charge in [0.2, 0.25) is 9.84 Å². The van der Waals surface area contributed by atoms with Crippen molar-refractivity contribution in [2.75, 3.05) is 0 Å². The van der Waals surface area contributed by atoms with Gasteiger partial charge in [0.05, 0.1) is 11.3 Å². The van der Waals surface area contributed by atoms with E-state index in [0.29, 0.717) is 0 Å². The van der Waals surface area contributed by atoms with Crippen LogP contribution in [-0.2, 0) is 16.3 Å². The Morgan fingerprint density at radius 1 is 1.10 bits per heavy atom. The summed E-state index contributed by atoms with van der Waals surface area (Å²) in [5.74, 6) is 0.790. The summed E-state index contributed by atoms with van der Waals surface area (Å²) in [7, 11) is -3.29. The maximum atomic E-state index is 12.2. The molecule has 20 heavy (non-hydrogen) atoms. The van der Waals surface area contributed by atoms with E-state index in [4.69, 9.17) is 0 Å². The molecule has 2 aromatic rings. The van der Waals surface area contributed by atoms with Crippen molar-refractivity contribution in [2.24, 2.45) is 0 Å². The zero-order valence-electron chi connectivity index (χ0n) is 10.9. The molecule has 104 valence electrons. The van der Waals surface area contributed by atoms with Crippen molar-refractivity contribution in [3.05, 3.63) is 41.7 Å². The van der Waals surface area contributed by atoms with E-state index in [-0.39, 0.29) is 16.4 Å². The first kappa shape index (κ1) is 12.1. The summed E-state index contributed by atoms with van der Waals surface area (Å²) in [5, 5.41) is 4.07. The largest absolute Gasteiger partial charge is 0.267 e. The van der Waals surface area contributed by atoms with Crippen LogP contribution in [0.3, 0.4) is 0 Å². The average Bonchev–Trinajstić information content (AvgIpc) is 3.11. The van der Waals surface area contributed by atoms with E-state index in [1.807, 2.05) is 18.2 Å². The van der Waals surface area contributed by atoms with Gasteiger partial charge < -0.3 is 0 Å². The van der Waals surface area contributed by atoms with Crippen molar-refractivity contribution in [3.8, 4) is 0 Å². The van der Waals surface area contributed by atoms with E-state index in [1.165, 1.54) is 0 Å². The van der Waals surface area contributed by atoms with Gasteiger partial charge in [0.15, 0.2) is 0 Å². The van der Waals surface area contributed by atoms with Gasteiger partial charge in [-0.3, -0.25) is 0 Å². The molecule has 0 radical (unpaired) electrons. The molecule has 2 heterocycles. The van der Waals surface area contributed by atoms with Gasteiger partial charge in [-0.15, -0.1) is 5.10 Å². The molecular weight excluding hydrogens is 274 g/mol. The lowest BCUT2D eigenvalue weighted by Crippen LogP contribution is -2.12. The minimum Gasteiger partial charge on any atom is -0.241 e. The molecule has 5 nitrogen and oxygen atoms in total. The summed E-state index contributed by atoms with van der Waals surface area (Å²) in [6.07, 6.45) is 3.21. The van der Waals surface area contributed by atoms with E-state index in [1.54, 1.807) is 4.68 Å². The predicted octanol–water partition coefficient (Wildman–Crippen LogP) is 1.75. The first-order chi connectivity index (χ1) is 9.66. The van der Waals surface area contributed by atoms with Crippen LogP contribution in [0.2, 0.25) is 0 Å². The fraction of sp³-hybridized carbons (Fsp3) is 0.429. The van der Waals surface area contributed by atoms with E-state index >= 15 is 0 Å². The molecule has 1 unspecified atom stereocenters. The third kappa shape index (κ3) is 1.78. The van der Waals surface area contributed by atoms with Gasteiger partial charge in [-0.05, 0) is 24.8 Å². The SMILES string of the molecule is O=S(=O)(c1nc2n(n1)C(c1ccccc1)CC2)C1CC1. The van der Waals surface area contributed by atoms with Crippen LogP contribution < -0.4 is 0 Å². The molecule has 1 aliphatic heterocycles. The van der Waals surface area contributed by atoms with Crippen LogP contribution in [0.25, 0.3) is 0 Å². The minimum absolute atomic E-state index is 0.0237. The predicted molar refractivity (Wildman–Crippen MR) is 73.1 cm³/mol. The maximum absolute atomic E-state index is 12.2. The van der Waals surface area contributed by atoms with Crippen LogP contribution in [0, 0.1) is 0 Å². The molecule has 0 spiro atoms. The lowest BCUT2D eigenvalue weighted by atomic mass is 10.1. The van der Waals surface area contributed by atoms with E-state index < -0.39 is 9.84 Å². The Morgan fingerprint density at radius 2 is 1.85 bits per heavy atom. The fourth-order valence-electron chi connectivity index (χ4n) is 2.77. The summed E-state index contributed by atoms with van der Waals surface area (Å²) < 4.78 is 26.2. The molecule has 0 saturated heterocycles. The highest BCUT2D eigenvalue weighted by molar-refractivity contribution is 7.92. The number of benzene rings is 1. The zero-order chi connectivity index (χ0) is 13.7. The molecule has 2 aliphatic rings. The quantitative estimate of drug-likeness (QED) is 0.863. The summed E-state index contributed by atoms with van der Waals surface area (Å²) in [5.41, 5.74) is 1.16. The average molecular weight is 289 g/mol. The van der Waals surface area contributed by atoms with Crippen molar-refractivity contribution in [1.29, 1.82) is 0 Å². The molecule has 1 fully saturated rings. The number of sulfone groups is 1. The van der Waals surface area contributed by atoms with Gasteiger partial charge >= 0.3 is 0 Å². The topological polar surface area (TPSA) is 64.8 Å². The summed E-state index contributed by atoms with van der Waals surface area (Å²) >= 11 is 0. The summed E-state index contributed by atoms with van der Waals surface area (Å²) in [6, 6.07) is 10.2. The van der Waals surface area contributed by atoms with Crippen molar-refractivity contribution < 1.29 is 8.42 Å². The number of fused-ring (bicyclic) bond motifs is 1. The zero-order valence-corrected chi connectivity index (χ0v) is 11.8. The van der Waals surface area contributed by atoms with Crippen LogP contribution in [0.15, 0.2) is 35.5 Å². The van der Waals surface area contributed by atoms with Crippen LogP contribution in [0.1, 0.15) is 36.7 Å². The van der Waals surface area contributed by atoms with E-state index in [9.17, 15) is 8.42 Å². The Morgan fingerprint density at radius 3 is 2.55 bits per heavy atom. The molecule has 1 atom stereocenters. The molecule has 6 heteroatoms.